The molecule has 25 heavy (non-hydrogen) atoms. The number of benzene rings is 1. The number of aromatic nitrogens is 1. The van der Waals surface area contributed by atoms with Crippen LogP contribution in [-0.4, -0.2) is 23.5 Å². The largest absolute Gasteiger partial charge is 0.416 e. The fourth-order valence-electron chi connectivity index (χ4n) is 2.12. The van der Waals surface area contributed by atoms with E-state index in [0.717, 1.165) is 12.1 Å². The van der Waals surface area contributed by atoms with Crippen LogP contribution in [0.25, 0.3) is 0 Å². The summed E-state index contributed by atoms with van der Waals surface area (Å²) in [6, 6.07) is 5.88. The van der Waals surface area contributed by atoms with Crippen LogP contribution in [0.1, 0.15) is 24.7 Å². The van der Waals surface area contributed by atoms with Crippen LogP contribution in [0.5, 0.6) is 0 Å². The minimum Gasteiger partial charge on any atom is -0.360 e. The lowest BCUT2D eigenvalue weighted by atomic mass is 10.2. The summed E-state index contributed by atoms with van der Waals surface area (Å²) in [6.45, 7) is 3.00. The van der Waals surface area contributed by atoms with Gasteiger partial charge in [0.1, 0.15) is 5.76 Å². The van der Waals surface area contributed by atoms with E-state index in [1.165, 1.54) is 24.0 Å². The standard InChI is InChI=1S/C16H16F3N3O3/c1-10-8-14(21-25-10)22(11(2)23)7-6-15(24)20-13-5-3-4-12(9-13)16(17,18)19/h3-5,8-9H,6-7H2,1-2H3,(H,20,24). The van der Waals surface area contributed by atoms with Crippen molar-refractivity contribution in [1.29, 1.82) is 0 Å². The zero-order valence-corrected chi connectivity index (χ0v) is 13.6. The fraction of sp³-hybridized carbons (Fsp3) is 0.312. The normalized spacial score (nSPS) is 11.2. The second kappa shape index (κ2) is 7.37. The molecular weight excluding hydrogens is 339 g/mol. The Labute approximate surface area is 141 Å². The molecule has 1 aromatic heterocycles. The van der Waals surface area contributed by atoms with E-state index in [2.05, 4.69) is 10.5 Å². The van der Waals surface area contributed by atoms with Crippen molar-refractivity contribution >= 4 is 23.3 Å². The second-order valence-corrected chi connectivity index (χ2v) is 5.34. The molecule has 1 N–H and O–H groups in total. The Bertz CT molecular complexity index is 771. The highest BCUT2D eigenvalue weighted by Crippen LogP contribution is 2.30. The van der Waals surface area contributed by atoms with Gasteiger partial charge < -0.3 is 9.84 Å². The van der Waals surface area contributed by atoms with Gasteiger partial charge in [0.2, 0.25) is 11.8 Å². The molecule has 2 amide bonds. The van der Waals surface area contributed by atoms with Gasteiger partial charge in [-0.1, -0.05) is 11.2 Å². The quantitative estimate of drug-likeness (QED) is 0.892. The average Bonchev–Trinajstić information content (AvgIpc) is 2.92. The maximum atomic E-state index is 12.7. The maximum absolute atomic E-state index is 12.7. The highest BCUT2D eigenvalue weighted by atomic mass is 19.4. The highest BCUT2D eigenvalue weighted by molar-refractivity contribution is 5.94. The van der Waals surface area contributed by atoms with Gasteiger partial charge in [0, 0.05) is 31.6 Å². The molecule has 1 aromatic carbocycles. The highest BCUT2D eigenvalue weighted by Gasteiger charge is 2.30. The first-order valence-corrected chi connectivity index (χ1v) is 7.35. The molecule has 0 bridgehead atoms. The van der Waals surface area contributed by atoms with Crippen molar-refractivity contribution in [2.45, 2.75) is 26.4 Å². The second-order valence-electron chi connectivity index (χ2n) is 5.34. The predicted octanol–water partition coefficient (Wildman–Crippen LogP) is 3.38. The topological polar surface area (TPSA) is 75.4 Å². The molecule has 6 nitrogen and oxygen atoms in total. The lowest BCUT2D eigenvalue weighted by Crippen LogP contribution is -2.32. The number of nitrogens with zero attached hydrogens (tertiary/aromatic N) is 2. The van der Waals surface area contributed by atoms with Gasteiger partial charge in [-0.15, -0.1) is 0 Å². The Morgan fingerprint density at radius 2 is 2.00 bits per heavy atom. The van der Waals surface area contributed by atoms with Crippen LogP contribution in [-0.2, 0) is 15.8 Å². The summed E-state index contributed by atoms with van der Waals surface area (Å²) in [7, 11) is 0. The van der Waals surface area contributed by atoms with E-state index in [0.29, 0.717) is 5.76 Å². The summed E-state index contributed by atoms with van der Waals surface area (Å²) >= 11 is 0. The number of amides is 2. The molecule has 0 aliphatic heterocycles. The summed E-state index contributed by atoms with van der Waals surface area (Å²) in [5, 5.41) is 6.10. The molecule has 0 fully saturated rings. The van der Waals surface area contributed by atoms with Gasteiger partial charge in [-0.2, -0.15) is 13.2 Å². The number of halogens is 3. The monoisotopic (exact) mass is 355 g/mol. The van der Waals surface area contributed by atoms with Gasteiger partial charge in [0.05, 0.1) is 5.56 Å². The van der Waals surface area contributed by atoms with Crippen molar-refractivity contribution in [1.82, 2.24) is 5.16 Å². The van der Waals surface area contributed by atoms with Crippen LogP contribution >= 0.6 is 0 Å². The van der Waals surface area contributed by atoms with E-state index >= 15 is 0 Å². The Morgan fingerprint density at radius 3 is 2.56 bits per heavy atom. The van der Waals surface area contributed by atoms with Gasteiger partial charge in [-0.25, -0.2) is 0 Å². The molecule has 1 heterocycles. The third-order valence-electron chi connectivity index (χ3n) is 3.31. The Morgan fingerprint density at radius 1 is 1.28 bits per heavy atom. The third-order valence-corrected chi connectivity index (χ3v) is 3.31. The van der Waals surface area contributed by atoms with Crippen LogP contribution in [0.4, 0.5) is 24.7 Å². The van der Waals surface area contributed by atoms with E-state index in [9.17, 15) is 22.8 Å². The van der Waals surface area contributed by atoms with Crippen molar-refractivity contribution in [3.63, 3.8) is 0 Å². The van der Waals surface area contributed by atoms with Crippen LogP contribution in [0.3, 0.4) is 0 Å². The lowest BCUT2D eigenvalue weighted by Gasteiger charge is -2.17. The smallest absolute Gasteiger partial charge is 0.360 e. The maximum Gasteiger partial charge on any atom is 0.416 e. The molecule has 0 aliphatic carbocycles. The van der Waals surface area contributed by atoms with E-state index in [1.54, 1.807) is 13.0 Å². The summed E-state index contributed by atoms with van der Waals surface area (Å²) < 4.78 is 42.9. The third kappa shape index (κ3) is 5.07. The first kappa shape index (κ1) is 18.5. The molecule has 9 heteroatoms. The van der Waals surface area contributed by atoms with Gasteiger partial charge in [-0.3, -0.25) is 14.5 Å². The minimum absolute atomic E-state index is 0.0199. The SMILES string of the molecule is CC(=O)N(CCC(=O)Nc1cccc(C(F)(F)F)c1)c1cc(C)on1. The number of aryl methyl sites for hydroxylation is 1. The van der Waals surface area contributed by atoms with Gasteiger partial charge in [0.25, 0.3) is 0 Å². The number of carbonyl (C=O) groups is 2. The van der Waals surface area contributed by atoms with Crippen LogP contribution in [0.2, 0.25) is 0 Å². The molecule has 0 unspecified atom stereocenters. The predicted molar refractivity (Wildman–Crippen MR) is 84.0 cm³/mol. The van der Waals surface area contributed by atoms with E-state index < -0.39 is 17.6 Å². The number of rotatable bonds is 5. The summed E-state index contributed by atoms with van der Waals surface area (Å²) in [5.74, 6) is -0.0718. The molecular formula is C16H16F3N3O3. The number of alkyl halides is 3. The number of carbonyl (C=O) groups excluding carboxylic acids is 2. The lowest BCUT2D eigenvalue weighted by molar-refractivity contribution is -0.137. The summed E-state index contributed by atoms with van der Waals surface area (Å²) in [5.41, 5.74) is -0.819. The number of hydrogen-bond donors (Lipinski definition) is 1. The van der Waals surface area contributed by atoms with Crippen molar-refractivity contribution in [2.75, 3.05) is 16.8 Å². The minimum atomic E-state index is -4.49. The summed E-state index contributed by atoms with van der Waals surface area (Å²) in [6.07, 6.45) is -4.60. The van der Waals surface area contributed by atoms with Crippen LogP contribution in [0.15, 0.2) is 34.9 Å². The zero-order chi connectivity index (χ0) is 18.6. The van der Waals surface area contributed by atoms with Crippen molar-refractivity contribution < 1.29 is 27.3 Å². The van der Waals surface area contributed by atoms with Crippen LogP contribution in [0, 0.1) is 6.92 Å². The molecule has 0 spiro atoms. The van der Waals surface area contributed by atoms with E-state index in [-0.39, 0.29) is 30.4 Å². The first-order valence-electron chi connectivity index (χ1n) is 7.35. The zero-order valence-electron chi connectivity index (χ0n) is 13.6. The Balaban J connectivity index is 1.99. The molecule has 0 saturated heterocycles. The molecule has 0 radical (unpaired) electrons. The number of anilines is 2. The van der Waals surface area contributed by atoms with Gasteiger partial charge in [0.15, 0.2) is 5.82 Å². The van der Waals surface area contributed by atoms with Gasteiger partial charge >= 0.3 is 6.18 Å². The van der Waals surface area contributed by atoms with E-state index in [1.807, 2.05) is 0 Å². The molecule has 0 atom stereocenters. The Kier molecular flexibility index (Phi) is 5.45. The fourth-order valence-corrected chi connectivity index (χ4v) is 2.12. The molecule has 0 saturated carbocycles. The molecule has 2 aromatic rings. The molecule has 0 aliphatic rings. The van der Waals surface area contributed by atoms with E-state index in [4.69, 9.17) is 4.52 Å². The first-order chi connectivity index (χ1) is 11.7. The number of nitrogens with one attached hydrogen (secondary N) is 1. The Hall–Kier alpha value is -2.84. The molecule has 134 valence electrons. The average molecular weight is 355 g/mol. The molecule has 2 rings (SSSR count). The van der Waals surface area contributed by atoms with Crippen molar-refractivity contribution in [2.24, 2.45) is 0 Å². The summed E-state index contributed by atoms with van der Waals surface area (Å²) in [4.78, 5) is 24.9. The van der Waals surface area contributed by atoms with Crippen molar-refractivity contribution in [3.8, 4) is 0 Å². The number of hydrogen-bond acceptors (Lipinski definition) is 4. The van der Waals surface area contributed by atoms with Crippen LogP contribution < -0.4 is 10.2 Å². The van der Waals surface area contributed by atoms with Gasteiger partial charge in [-0.05, 0) is 25.1 Å². The van der Waals surface area contributed by atoms with Crippen molar-refractivity contribution in [3.05, 3.63) is 41.7 Å².